The van der Waals surface area contributed by atoms with E-state index in [-0.39, 0.29) is 33.5 Å². The van der Waals surface area contributed by atoms with Gasteiger partial charge in [-0.3, -0.25) is 14.9 Å². The van der Waals surface area contributed by atoms with E-state index in [1.54, 1.807) is 18.2 Å². The average Bonchev–Trinajstić information content (AvgIpc) is 2.80. The highest BCUT2D eigenvalue weighted by molar-refractivity contribution is 6.30. The fourth-order valence-electron chi connectivity index (χ4n) is 2.83. The lowest BCUT2D eigenvalue weighted by atomic mass is 10.1. The van der Waals surface area contributed by atoms with Crippen LogP contribution >= 0.6 is 11.6 Å². The van der Waals surface area contributed by atoms with Crippen LogP contribution in [0, 0.1) is 10.1 Å². The Morgan fingerprint density at radius 2 is 1.59 bits per heavy atom. The molecule has 1 amide bonds. The number of hydrogen-bond acceptors (Lipinski definition) is 7. The number of hydrogen-bond donors (Lipinski definition) is 1. The topological polar surface area (TPSA) is 109 Å². The van der Waals surface area contributed by atoms with E-state index >= 15 is 0 Å². The molecule has 0 aliphatic carbocycles. The molecule has 32 heavy (non-hydrogen) atoms. The molecule has 0 atom stereocenters. The summed E-state index contributed by atoms with van der Waals surface area (Å²) in [5.41, 5.74) is 0.431. The van der Waals surface area contributed by atoms with Gasteiger partial charge in [0.2, 0.25) is 5.75 Å². The van der Waals surface area contributed by atoms with Gasteiger partial charge >= 0.3 is 5.69 Å². The summed E-state index contributed by atoms with van der Waals surface area (Å²) in [6, 6.07) is 13.5. The second-order valence-corrected chi connectivity index (χ2v) is 6.79. The lowest BCUT2D eigenvalue weighted by Crippen LogP contribution is -2.13. The number of benzene rings is 3. The first-order valence-electron chi connectivity index (χ1n) is 9.19. The number of rotatable bonds is 8. The number of methoxy groups -OCH3 is 3. The van der Waals surface area contributed by atoms with E-state index in [2.05, 4.69) is 5.32 Å². The molecular formula is C22H19ClN2O7. The van der Waals surface area contributed by atoms with Crippen molar-refractivity contribution >= 4 is 28.9 Å². The van der Waals surface area contributed by atoms with Crippen LogP contribution in [0.3, 0.4) is 0 Å². The first-order valence-corrected chi connectivity index (χ1v) is 9.57. The maximum atomic E-state index is 12.8. The average molecular weight is 459 g/mol. The van der Waals surface area contributed by atoms with Crippen molar-refractivity contribution in [3.63, 3.8) is 0 Å². The molecule has 3 rings (SSSR count). The second kappa shape index (κ2) is 9.88. The standard InChI is InChI=1S/C22H19ClN2O7/c1-29-15-6-7-16(20(12-15)30-2)24-22(26)13-4-8-19(21(10-13)31-3)32-18-9-5-14(23)11-17(18)25(27)28/h4-12H,1-3H3,(H,24,26). The summed E-state index contributed by atoms with van der Waals surface area (Å²) in [6.45, 7) is 0. The van der Waals surface area contributed by atoms with Crippen LogP contribution in [-0.4, -0.2) is 32.2 Å². The van der Waals surface area contributed by atoms with Crippen molar-refractivity contribution in [1.82, 2.24) is 0 Å². The van der Waals surface area contributed by atoms with E-state index in [1.807, 2.05) is 0 Å². The molecule has 0 saturated heterocycles. The molecule has 3 aromatic carbocycles. The van der Waals surface area contributed by atoms with Gasteiger partial charge in [0.15, 0.2) is 11.5 Å². The number of nitrogens with zero attached hydrogens (tertiary/aromatic N) is 1. The maximum Gasteiger partial charge on any atom is 0.313 e. The van der Waals surface area contributed by atoms with Gasteiger partial charge < -0.3 is 24.3 Å². The van der Waals surface area contributed by atoms with Gasteiger partial charge in [0, 0.05) is 22.7 Å². The van der Waals surface area contributed by atoms with Gasteiger partial charge in [-0.1, -0.05) is 11.6 Å². The molecule has 0 unspecified atom stereocenters. The van der Waals surface area contributed by atoms with Crippen molar-refractivity contribution < 1.29 is 28.7 Å². The molecule has 0 saturated carbocycles. The summed E-state index contributed by atoms with van der Waals surface area (Å²) in [5, 5.41) is 14.3. The number of nitro groups is 1. The first kappa shape index (κ1) is 22.7. The quantitative estimate of drug-likeness (QED) is 0.359. The Kier molecular flexibility index (Phi) is 7.01. The van der Waals surface area contributed by atoms with Crippen LogP contribution in [0.2, 0.25) is 5.02 Å². The van der Waals surface area contributed by atoms with Gasteiger partial charge in [-0.25, -0.2) is 0 Å². The van der Waals surface area contributed by atoms with Crippen molar-refractivity contribution in [2.24, 2.45) is 0 Å². The summed E-state index contributed by atoms with van der Waals surface area (Å²) in [7, 11) is 4.41. The summed E-state index contributed by atoms with van der Waals surface area (Å²) in [4.78, 5) is 23.5. The van der Waals surface area contributed by atoms with Crippen molar-refractivity contribution in [2.45, 2.75) is 0 Å². The molecule has 1 N–H and O–H groups in total. The molecule has 0 aromatic heterocycles. The van der Waals surface area contributed by atoms with Crippen LogP contribution in [-0.2, 0) is 0 Å². The Morgan fingerprint density at radius 1 is 0.875 bits per heavy atom. The molecule has 10 heteroatoms. The van der Waals surface area contributed by atoms with Crippen molar-refractivity contribution in [1.29, 1.82) is 0 Å². The molecular weight excluding hydrogens is 440 g/mol. The Labute approximate surface area is 188 Å². The predicted molar refractivity (Wildman–Crippen MR) is 119 cm³/mol. The monoisotopic (exact) mass is 458 g/mol. The fourth-order valence-corrected chi connectivity index (χ4v) is 2.99. The Morgan fingerprint density at radius 3 is 2.25 bits per heavy atom. The Hall–Kier alpha value is -3.98. The van der Waals surface area contributed by atoms with E-state index in [0.29, 0.717) is 17.2 Å². The third-order valence-corrected chi connectivity index (χ3v) is 4.66. The minimum atomic E-state index is -0.599. The number of anilines is 1. The summed E-state index contributed by atoms with van der Waals surface area (Å²) < 4.78 is 21.4. The molecule has 9 nitrogen and oxygen atoms in total. The summed E-state index contributed by atoms with van der Waals surface area (Å²) in [6.07, 6.45) is 0. The van der Waals surface area contributed by atoms with E-state index in [9.17, 15) is 14.9 Å². The van der Waals surface area contributed by atoms with Crippen LogP contribution in [0.1, 0.15) is 10.4 Å². The SMILES string of the molecule is COc1ccc(NC(=O)c2ccc(Oc3ccc(Cl)cc3[N+](=O)[O-])c(OC)c2)c(OC)c1. The second-order valence-electron chi connectivity index (χ2n) is 6.36. The largest absolute Gasteiger partial charge is 0.497 e. The zero-order chi connectivity index (χ0) is 23.3. The molecule has 0 spiro atoms. The van der Waals surface area contributed by atoms with Crippen LogP contribution in [0.5, 0.6) is 28.7 Å². The summed E-state index contributed by atoms with van der Waals surface area (Å²) in [5.74, 6) is 0.979. The number of amides is 1. The van der Waals surface area contributed by atoms with Crippen LogP contribution in [0.15, 0.2) is 54.6 Å². The maximum absolute atomic E-state index is 12.8. The molecule has 0 aliphatic rings. The van der Waals surface area contributed by atoms with Gasteiger partial charge in [0.05, 0.1) is 31.9 Å². The predicted octanol–water partition coefficient (Wildman–Crippen LogP) is 5.32. The van der Waals surface area contributed by atoms with Crippen molar-refractivity contribution in [3.05, 3.63) is 75.3 Å². The van der Waals surface area contributed by atoms with Gasteiger partial charge in [0.1, 0.15) is 11.5 Å². The van der Waals surface area contributed by atoms with Crippen molar-refractivity contribution in [2.75, 3.05) is 26.6 Å². The zero-order valence-electron chi connectivity index (χ0n) is 17.4. The normalized spacial score (nSPS) is 10.2. The third kappa shape index (κ3) is 5.01. The van der Waals surface area contributed by atoms with E-state index < -0.39 is 10.8 Å². The number of carbonyl (C=O) groups excluding carboxylic acids is 1. The number of halogens is 1. The zero-order valence-corrected chi connectivity index (χ0v) is 18.1. The van der Waals surface area contributed by atoms with Gasteiger partial charge in [-0.15, -0.1) is 0 Å². The minimum Gasteiger partial charge on any atom is -0.497 e. The summed E-state index contributed by atoms with van der Waals surface area (Å²) >= 11 is 5.84. The van der Waals surface area contributed by atoms with Gasteiger partial charge in [-0.05, 0) is 42.5 Å². The molecule has 0 bridgehead atoms. The number of nitro benzene ring substituents is 1. The molecule has 0 aliphatic heterocycles. The molecule has 0 radical (unpaired) electrons. The van der Waals surface area contributed by atoms with Crippen LogP contribution < -0.4 is 24.3 Å². The fraction of sp³-hybridized carbons (Fsp3) is 0.136. The van der Waals surface area contributed by atoms with Gasteiger partial charge in [-0.2, -0.15) is 0 Å². The number of nitrogens with one attached hydrogen (secondary N) is 1. The van der Waals surface area contributed by atoms with Crippen molar-refractivity contribution in [3.8, 4) is 28.7 Å². The van der Waals surface area contributed by atoms with Gasteiger partial charge in [0.25, 0.3) is 5.91 Å². The van der Waals surface area contributed by atoms with Crippen LogP contribution in [0.25, 0.3) is 0 Å². The molecule has 0 fully saturated rings. The highest BCUT2D eigenvalue weighted by Crippen LogP contribution is 2.38. The first-order chi connectivity index (χ1) is 15.4. The van der Waals surface area contributed by atoms with E-state index in [4.69, 9.17) is 30.5 Å². The molecule has 3 aromatic rings. The van der Waals surface area contributed by atoms with Crippen LogP contribution in [0.4, 0.5) is 11.4 Å². The highest BCUT2D eigenvalue weighted by atomic mass is 35.5. The van der Waals surface area contributed by atoms with E-state index in [0.717, 1.165) is 0 Å². The molecule has 0 heterocycles. The molecule has 166 valence electrons. The Balaban J connectivity index is 1.86. The lowest BCUT2D eigenvalue weighted by Gasteiger charge is -2.14. The highest BCUT2D eigenvalue weighted by Gasteiger charge is 2.19. The number of carbonyl (C=O) groups is 1. The smallest absolute Gasteiger partial charge is 0.313 e. The Bertz CT molecular complexity index is 1170. The van der Waals surface area contributed by atoms with E-state index in [1.165, 1.54) is 57.7 Å². The minimum absolute atomic E-state index is 0.0159. The lowest BCUT2D eigenvalue weighted by molar-refractivity contribution is -0.385. The number of ether oxygens (including phenoxy) is 4. The third-order valence-electron chi connectivity index (χ3n) is 4.42.